The molecule has 0 aliphatic carbocycles. The van der Waals surface area contributed by atoms with E-state index in [1.807, 2.05) is 11.8 Å². The van der Waals surface area contributed by atoms with Crippen molar-refractivity contribution in [3.8, 4) is 5.75 Å². The molecule has 1 aromatic carbocycles. The summed E-state index contributed by atoms with van der Waals surface area (Å²) in [6.07, 6.45) is 1.24. The second-order valence-electron chi connectivity index (χ2n) is 7.74. The van der Waals surface area contributed by atoms with Crippen LogP contribution in [0.3, 0.4) is 0 Å². The van der Waals surface area contributed by atoms with Gasteiger partial charge in [-0.1, -0.05) is 6.07 Å². The van der Waals surface area contributed by atoms with Crippen molar-refractivity contribution in [1.29, 1.82) is 0 Å². The normalized spacial score (nSPS) is 25.3. The van der Waals surface area contributed by atoms with Gasteiger partial charge in [-0.15, -0.1) is 0 Å². The molecule has 2 saturated heterocycles. The Morgan fingerprint density at radius 2 is 1.97 bits per heavy atom. The minimum atomic E-state index is -0.368. The molecule has 1 aromatic rings. The fraction of sp³-hybridized carbons (Fsp3) is 0.619. The van der Waals surface area contributed by atoms with E-state index in [1.165, 1.54) is 20.3 Å². The van der Waals surface area contributed by atoms with E-state index in [0.717, 1.165) is 12.8 Å². The first kappa shape index (κ1) is 21.4. The fourth-order valence-corrected chi connectivity index (χ4v) is 4.34. The van der Waals surface area contributed by atoms with Crippen LogP contribution < -0.4 is 10.1 Å². The molecule has 3 atom stereocenters. The summed E-state index contributed by atoms with van der Waals surface area (Å²) in [6.45, 7) is 4.60. The van der Waals surface area contributed by atoms with Gasteiger partial charge in [0, 0.05) is 50.7 Å². The van der Waals surface area contributed by atoms with Crippen LogP contribution in [0.25, 0.3) is 0 Å². The maximum absolute atomic E-state index is 14.6. The van der Waals surface area contributed by atoms with Gasteiger partial charge in [-0.2, -0.15) is 0 Å². The number of amides is 2. The van der Waals surface area contributed by atoms with Crippen molar-refractivity contribution in [3.05, 3.63) is 29.6 Å². The van der Waals surface area contributed by atoms with Gasteiger partial charge >= 0.3 is 6.09 Å². The molecule has 0 spiro atoms. The Labute approximate surface area is 171 Å². The Hall–Kier alpha value is -2.35. The van der Waals surface area contributed by atoms with Crippen LogP contribution in [0, 0.1) is 11.7 Å². The van der Waals surface area contributed by atoms with Gasteiger partial charge in [-0.05, 0) is 31.4 Å². The first-order valence-electron chi connectivity index (χ1n) is 10.1. The molecule has 0 radical (unpaired) electrons. The summed E-state index contributed by atoms with van der Waals surface area (Å²) in [7, 11) is 2.87. The lowest BCUT2D eigenvalue weighted by Crippen LogP contribution is -2.49. The number of ether oxygens (including phenoxy) is 2. The summed E-state index contributed by atoms with van der Waals surface area (Å²) in [4.78, 5) is 28.8. The van der Waals surface area contributed by atoms with Gasteiger partial charge in [-0.25, -0.2) is 9.18 Å². The molecule has 2 amide bonds. The lowest BCUT2D eigenvalue weighted by molar-refractivity contribution is -0.136. The second kappa shape index (κ2) is 9.43. The van der Waals surface area contributed by atoms with Crippen LogP contribution in [0.4, 0.5) is 9.18 Å². The van der Waals surface area contributed by atoms with Crippen LogP contribution in [0.5, 0.6) is 5.75 Å². The number of halogens is 1. The van der Waals surface area contributed by atoms with Crippen molar-refractivity contribution in [2.45, 2.75) is 31.7 Å². The summed E-state index contributed by atoms with van der Waals surface area (Å²) < 4.78 is 24.6. The van der Waals surface area contributed by atoms with E-state index in [0.29, 0.717) is 44.0 Å². The van der Waals surface area contributed by atoms with E-state index in [1.54, 1.807) is 17.0 Å². The molecule has 29 heavy (non-hydrogen) atoms. The van der Waals surface area contributed by atoms with Crippen molar-refractivity contribution < 1.29 is 23.5 Å². The Balaban J connectivity index is 1.73. The van der Waals surface area contributed by atoms with Crippen molar-refractivity contribution in [1.82, 2.24) is 15.1 Å². The highest BCUT2D eigenvalue weighted by Crippen LogP contribution is 2.33. The summed E-state index contributed by atoms with van der Waals surface area (Å²) in [6, 6.07) is 4.87. The molecule has 0 bridgehead atoms. The number of rotatable bonds is 3. The topological polar surface area (TPSA) is 71.1 Å². The predicted molar refractivity (Wildman–Crippen MR) is 106 cm³/mol. The highest BCUT2D eigenvalue weighted by molar-refractivity contribution is 5.81. The van der Waals surface area contributed by atoms with Crippen LogP contribution in [0.15, 0.2) is 18.2 Å². The molecule has 2 aliphatic heterocycles. The molecule has 0 aromatic heterocycles. The van der Waals surface area contributed by atoms with E-state index >= 15 is 0 Å². The number of carbonyl (C=O) groups excluding carboxylic acids is 2. The molecule has 7 nitrogen and oxygen atoms in total. The third-order valence-electron chi connectivity index (χ3n) is 6.05. The third kappa shape index (κ3) is 4.63. The number of methoxy groups -OCH3 is 2. The summed E-state index contributed by atoms with van der Waals surface area (Å²) in [5, 5.41) is 3.24. The summed E-state index contributed by atoms with van der Waals surface area (Å²) in [5.41, 5.74) is 0.533. The lowest BCUT2D eigenvalue weighted by Gasteiger charge is -2.35. The molecule has 1 unspecified atom stereocenters. The van der Waals surface area contributed by atoms with E-state index in [2.05, 4.69) is 5.32 Å². The molecule has 2 heterocycles. The zero-order chi connectivity index (χ0) is 21.0. The number of hydrogen-bond donors (Lipinski definition) is 1. The Morgan fingerprint density at radius 1 is 1.17 bits per heavy atom. The van der Waals surface area contributed by atoms with Crippen molar-refractivity contribution >= 4 is 12.0 Å². The fourth-order valence-electron chi connectivity index (χ4n) is 4.34. The van der Waals surface area contributed by atoms with Gasteiger partial charge in [0.25, 0.3) is 0 Å². The van der Waals surface area contributed by atoms with Crippen molar-refractivity contribution in [2.75, 3.05) is 46.9 Å². The summed E-state index contributed by atoms with van der Waals surface area (Å²) in [5.74, 6) is -0.444. The average molecular weight is 407 g/mol. The molecule has 160 valence electrons. The SMILES string of the molecule is COC(=O)N1CCN(C(=O)[C@@H]2CNC[C@H]2c2ccc(OC)cc2F)CCCC1C. The molecule has 8 heteroatoms. The molecule has 0 saturated carbocycles. The Morgan fingerprint density at radius 3 is 2.66 bits per heavy atom. The largest absolute Gasteiger partial charge is 0.497 e. The maximum Gasteiger partial charge on any atom is 0.409 e. The van der Waals surface area contributed by atoms with Gasteiger partial charge in [0.15, 0.2) is 0 Å². The van der Waals surface area contributed by atoms with E-state index in [4.69, 9.17) is 9.47 Å². The van der Waals surface area contributed by atoms with Gasteiger partial charge < -0.3 is 24.6 Å². The van der Waals surface area contributed by atoms with Gasteiger partial charge in [0.05, 0.1) is 20.1 Å². The molecule has 3 rings (SSSR count). The molecular formula is C21H30FN3O4. The summed E-state index contributed by atoms with van der Waals surface area (Å²) >= 11 is 0. The molecular weight excluding hydrogens is 377 g/mol. The molecule has 2 aliphatic rings. The van der Waals surface area contributed by atoms with Crippen LogP contribution >= 0.6 is 0 Å². The van der Waals surface area contributed by atoms with Crippen LogP contribution in [0.1, 0.15) is 31.2 Å². The minimum absolute atomic E-state index is 0.00888. The highest BCUT2D eigenvalue weighted by atomic mass is 19.1. The van der Waals surface area contributed by atoms with Crippen molar-refractivity contribution in [3.63, 3.8) is 0 Å². The third-order valence-corrected chi connectivity index (χ3v) is 6.05. The van der Waals surface area contributed by atoms with Gasteiger partial charge in [-0.3, -0.25) is 4.79 Å². The average Bonchev–Trinajstić information content (AvgIpc) is 3.19. The molecule has 2 fully saturated rings. The second-order valence-corrected chi connectivity index (χ2v) is 7.74. The Kier molecular flexibility index (Phi) is 6.95. The van der Waals surface area contributed by atoms with Crippen molar-refractivity contribution in [2.24, 2.45) is 5.92 Å². The number of nitrogens with one attached hydrogen (secondary N) is 1. The zero-order valence-corrected chi connectivity index (χ0v) is 17.3. The van der Waals surface area contributed by atoms with E-state index < -0.39 is 0 Å². The number of benzene rings is 1. The Bertz CT molecular complexity index is 745. The first-order chi connectivity index (χ1) is 14.0. The standard InChI is InChI=1S/C21H30FN3O4/c1-14-5-4-8-24(9-10-25(14)21(27)29-3)20(26)18-13-23-12-17(18)16-7-6-15(28-2)11-19(16)22/h6-7,11,14,17-18,23H,4-5,8-10,12-13H2,1-3H3/t14?,17-,18+/m0/s1. The number of nitrogens with zero attached hydrogens (tertiary/aromatic N) is 2. The van der Waals surface area contributed by atoms with Crippen LogP contribution in [0.2, 0.25) is 0 Å². The van der Waals surface area contributed by atoms with E-state index in [-0.39, 0.29) is 35.7 Å². The predicted octanol–water partition coefficient (Wildman–Crippen LogP) is 2.22. The minimum Gasteiger partial charge on any atom is -0.497 e. The van der Waals surface area contributed by atoms with Gasteiger partial charge in [0.2, 0.25) is 5.91 Å². The number of hydrogen-bond acceptors (Lipinski definition) is 5. The van der Waals surface area contributed by atoms with Crippen LogP contribution in [-0.2, 0) is 9.53 Å². The van der Waals surface area contributed by atoms with Crippen LogP contribution in [-0.4, -0.2) is 74.8 Å². The smallest absolute Gasteiger partial charge is 0.409 e. The maximum atomic E-state index is 14.6. The zero-order valence-electron chi connectivity index (χ0n) is 17.3. The molecule has 1 N–H and O–H groups in total. The number of carbonyl (C=O) groups is 2. The van der Waals surface area contributed by atoms with E-state index in [9.17, 15) is 14.0 Å². The quantitative estimate of drug-likeness (QED) is 0.832. The highest BCUT2D eigenvalue weighted by Gasteiger charge is 2.38. The van der Waals surface area contributed by atoms with Gasteiger partial charge in [0.1, 0.15) is 11.6 Å². The monoisotopic (exact) mass is 407 g/mol. The lowest BCUT2D eigenvalue weighted by atomic mass is 9.87. The first-order valence-corrected chi connectivity index (χ1v) is 10.1.